The summed E-state index contributed by atoms with van der Waals surface area (Å²) >= 11 is 5.94. The highest BCUT2D eigenvalue weighted by molar-refractivity contribution is 6.30. The van der Waals surface area contributed by atoms with Gasteiger partial charge in [-0.1, -0.05) is 11.6 Å². The zero-order valence-corrected chi connectivity index (χ0v) is 10.3. The van der Waals surface area contributed by atoms with Gasteiger partial charge in [-0.3, -0.25) is 9.69 Å². The van der Waals surface area contributed by atoms with Crippen LogP contribution in [-0.4, -0.2) is 23.4 Å². The molecule has 1 saturated heterocycles. The predicted octanol–water partition coefficient (Wildman–Crippen LogP) is 1.37. The Kier molecular flexibility index (Phi) is 3.54. The SMILES string of the molecule is NC(=O)C1CCCN1Cc1cc(Cl)ccc1N. The summed E-state index contributed by atoms with van der Waals surface area (Å²) in [7, 11) is 0. The van der Waals surface area contributed by atoms with Gasteiger partial charge in [-0.25, -0.2) is 0 Å². The third-order valence-corrected chi connectivity index (χ3v) is 3.41. The smallest absolute Gasteiger partial charge is 0.234 e. The van der Waals surface area contributed by atoms with Gasteiger partial charge in [-0.15, -0.1) is 0 Å². The van der Waals surface area contributed by atoms with E-state index in [2.05, 4.69) is 4.90 Å². The Balaban J connectivity index is 2.15. The number of hydrogen-bond acceptors (Lipinski definition) is 3. The van der Waals surface area contributed by atoms with E-state index in [0.29, 0.717) is 17.3 Å². The molecule has 1 fully saturated rings. The van der Waals surface area contributed by atoms with E-state index in [1.165, 1.54) is 0 Å². The Hall–Kier alpha value is -1.26. The molecule has 4 nitrogen and oxygen atoms in total. The van der Waals surface area contributed by atoms with Crippen LogP contribution in [0.15, 0.2) is 18.2 Å². The third kappa shape index (κ3) is 2.70. The Morgan fingerprint density at radius 3 is 3.00 bits per heavy atom. The Morgan fingerprint density at radius 1 is 1.53 bits per heavy atom. The van der Waals surface area contributed by atoms with Crippen molar-refractivity contribution in [2.45, 2.75) is 25.4 Å². The molecule has 92 valence electrons. The standard InChI is InChI=1S/C12H16ClN3O/c13-9-3-4-10(14)8(6-9)7-16-5-1-2-11(16)12(15)17/h3-4,6,11H,1-2,5,7,14H2,(H2,15,17). The quantitative estimate of drug-likeness (QED) is 0.800. The second kappa shape index (κ2) is 4.94. The molecule has 1 aromatic carbocycles. The summed E-state index contributed by atoms with van der Waals surface area (Å²) in [6.45, 7) is 1.50. The summed E-state index contributed by atoms with van der Waals surface area (Å²) in [6.07, 6.45) is 1.82. The van der Waals surface area contributed by atoms with Crippen molar-refractivity contribution in [1.29, 1.82) is 0 Å². The number of rotatable bonds is 3. The number of carbonyl (C=O) groups is 1. The first-order valence-electron chi connectivity index (χ1n) is 5.65. The fourth-order valence-electron chi connectivity index (χ4n) is 2.27. The fraction of sp³-hybridized carbons (Fsp3) is 0.417. The lowest BCUT2D eigenvalue weighted by Gasteiger charge is -2.22. The lowest BCUT2D eigenvalue weighted by atomic mass is 10.1. The largest absolute Gasteiger partial charge is 0.398 e. The predicted molar refractivity (Wildman–Crippen MR) is 68.5 cm³/mol. The van der Waals surface area contributed by atoms with Gasteiger partial charge in [0.1, 0.15) is 0 Å². The monoisotopic (exact) mass is 253 g/mol. The van der Waals surface area contributed by atoms with Crippen molar-refractivity contribution in [2.75, 3.05) is 12.3 Å². The van der Waals surface area contributed by atoms with Crippen LogP contribution in [0.4, 0.5) is 5.69 Å². The van der Waals surface area contributed by atoms with Crippen LogP contribution in [0, 0.1) is 0 Å². The molecule has 0 aromatic heterocycles. The zero-order chi connectivity index (χ0) is 12.4. The number of anilines is 1. The lowest BCUT2D eigenvalue weighted by molar-refractivity contribution is -0.122. The Bertz CT molecular complexity index is 436. The van der Waals surface area contributed by atoms with Gasteiger partial charge in [0.25, 0.3) is 0 Å². The minimum atomic E-state index is -0.261. The first-order chi connectivity index (χ1) is 8.08. The highest BCUT2D eigenvalue weighted by Gasteiger charge is 2.29. The first kappa shape index (κ1) is 12.2. The molecule has 0 aliphatic carbocycles. The van der Waals surface area contributed by atoms with Gasteiger partial charge in [0.2, 0.25) is 5.91 Å². The number of likely N-dealkylation sites (tertiary alicyclic amines) is 1. The molecule has 2 rings (SSSR count). The molecule has 1 aliphatic rings. The van der Waals surface area contributed by atoms with Crippen LogP contribution in [-0.2, 0) is 11.3 Å². The molecule has 1 aromatic rings. The fourth-order valence-corrected chi connectivity index (χ4v) is 2.46. The second-order valence-corrected chi connectivity index (χ2v) is 4.81. The lowest BCUT2D eigenvalue weighted by Crippen LogP contribution is -2.39. The van der Waals surface area contributed by atoms with E-state index in [9.17, 15) is 4.79 Å². The number of hydrogen-bond donors (Lipinski definition) is 2. The highest BCUT2D eigenvalue weighted by Crippen LogP contribution is 2.24. The molecule has 4 N–H and O–H groups in total. The van der Waals surface area contributed by atoms with Crippen molar-refractivity contribution in [3.63, 3.8) is 0 Å². The van der Waals surface area contributed by atoms with E-state index in [1.807, 2.05) is 6.07 Å². The van der Waals surface area contributed by atoms with Crippen molar-refractivity contribution in [3.05, 3.63) is 28.8 Å². The number of nitrogen functional groups attached to an aromatic ring is 1. The van der Waals surface area contributed by atoms with Crippen molar-refractivity contribution in [2.24, 2.45) is 5.73 Å². The molecule has 0 spiro atoms. The minimum Gasteiger partial charge on any atom is -0.398 e. The maximum Gasteiger partial charge on any atom is 0.234 e. The van der Waals surface area contributed by atoms with Gasteiger partial charge in [0, 0.05) is 17.3 Å². The molecular weight excluding hydrogens is 238 g/mol. The van der Waals surface area contributed by atoms with Gasteiger partial charge in [-0.2, -0.15) is 0 Å². The van der Waals surface area contributed by atoms with E-state index in [1.54, 1.807) is 12.1 Å². The van der Waals surface area contributed by atoms with Crippen LogP contribution in [0.1, 0.15) is 18.4 Å². The molecule has 5 heteroatoms. The summed E-state index contributed by atoms with van der Waals surface area (Å²) in [5.74, 6) is -0.261. The van der Waals surface area contributed by atoms with Crippen LogP contribution < -0.4 is 11.5 Å². The van der Waals surface area contributed by atoms with Crippen LogP contribution >= 0.6 is 11.6 Å². The molecule has 17 heavy (non-hydrogen) atoms. The van der Waals surface area contributed by atoms with E-state index in [4.69, 9.17) is 23.1 Å². The molecular formula is C12H16ClN3O. The third-order valence-electron chi connectivity index (χ3n) is 3.17. The molecule has 0 radical (unpaired) electrons. The molecule has 1 unspecified atom stereocenters. The van der Waals surface area contributed by atoms with Crippen LogP contribution in [0.3, 0.4) is 0 Å². The average Bonchev–Trinajstić information content (AvgIpc) is 2.71. The van der Waals surface area contributed by atoms with E-state index in [0.717, 1.165) is 24.9 Å². The number of nitrogens with two attached hydrogens (primary N) is 2. The summed E-state index contributed by atoms with van der Waals surface area (Å²) in [5.41, 5.74) is 12.9. The number of nitrogens with zero attached hydrogens (tertiary/aromatic N) is 1. The van der Waals surface area contributed by atoms with E-state index >= 15 is 0 Å². The number of carbonyl (C=O) groups excluding carboxylic acids is 1. The average molecular weight is 254 g/mol. The Morgan fingerprint density at radius 2 is 2.29 bits per heavy atom. The van der Waals surface area contributed by atoms with Crippen molar-refractivity contribution in [1.82, 2.24) is 4.90 Å². The molecule has 1 aliphatic heterocycles. The molecule has 1 heterocycles. The summed E-state index contributed by atoms with van der Waals surface area (Å²) < 4.78 is 0. The Labute approximate surface area is 106 Å². The van der Waals surface area contributed by atoms with Crippen molar-refractivity contribution >= 4 is 23.2 Å². The molecule has 1 atom stereocenters. The number of halogens is 1. The van der Waals surface area contributed by atoms with Gasteiger partial charge < -0.3 is 11.5 Å². The van der Waals surface area contributed by atoms with E-state index < -0.39 is 0 Å². The van der Waals surface area contributed by atoms with Crippen LogP contribution in [0.5, 0.6) is 0 Å². The number of amides is 1. The number of benzene rings is 1. The summed E-state index contributed by atoms with van der Waals surface area (Å²) in [4.78, 5) is 13.3. The van der Waals surface area contributed by atoms with Gasteiger partial charge >= 0.3 is 0 Å². The molecule has 0 bridgehead atoms. The topological polar surface area (TPSA) is 72.4 Å². The maximum absolute atomic E-state index is 11.3. The van der Waals surface area contributed by atoms with Crippen molar-refractivity contribution < 1.29 is 4.79 Å². The maximum atomic E-state index is 11.3. The summed E-state index contributed by atoms with van der Waals surface area (Å²) in [5, 5.41) is 0.657. The second-order valence-electron chi connectivity index (χ2n) is 4.37. The minimum absolute atomic E-state index is 0.173. The van der Waals surface area contributed by atoms with Crippen LogP contribution in [0.2, 0.25) is 5.02 Å². The molecule has 1 amide bonds. The van der Waals surface area contributed by atoms with Crippen LogP contribution in [0.25, 0.3) is 0 Å². The number of primary amides is 1. The molecule has 0 saturated carbocycles. The van der Waals surface area contributed by atoms with Crippen molar-refractivity contribution in [3.8, 4) is 0 Å². The summed E-state index contributed by atoms with van der Waals surface area (Å²) in [6, 6.07) is 5.21. The normalized spacial score (nSPS) is 20.6. The van der Waals surface area contributed by atoms with Gasteiger partial charge in [0.15, 0.2) is 0 Å². The first-order valence-corrected chi connectivity index (χ1v) is 6.03. The van der Waals surface area contributed by atoms with Gasteiger partial charge in [-0.05, 0) is 43.1 Å². The zero-order valence-electron chi connectivity index (χ0n) is 9.53. The highest BCUT2D eigenvalue weighted by atomic mass is 35.5. The van der Waals surface area contributed by atoms with Gasteiger partial charge in [0.05, 0.1) is 6.04 Å². The van der Waals surface area contributed by atoms with E-state index in [-0.39, 0.29) is 11.9 Å².